The standard InChI is InChI=1S/C14H22N2O2S/c1-11(2)16(7-12-5-4-6-19-12)13(17)8-18-14(3)9-15-10-14/h4-6,11,15H,7-10H2,1-3H3. The normalized spacial score (nSPS) is 17.3. The summed E-state index contributed by atoms with van der Waals surface area (Å²) >= 11 is 1.68. The third-order valence-electron chi connectivity index (χ3n) is 3.39. The minimum absolute atomic E-state index is 0.0662. The predicted octanol–water partition coefficient (Wildman–Crippen LogP) is 1.86. The fraction of sp³-hybridized carbons (Fsp3) is 0.643. The molecule has 0 bridgehead atoms. The van der Waals surface area contributed by atoms with Crippen molar-refractivity contribution in [1.29, 1.82) is 0 Å². The third kappa shape index (κ3) is 3.78. The molecule has 1 aromatic heterocycles. The first-order valence-electron chi connectivity index (χ1n) is 6.67. The number of hydrogen-bond donors (Lipinski definition) is 1. The number of rotatable bonds is 6. The van der Waals surface area contributed by atoms with Crippen LogP contribution in [0.1, 0.15) is 25.6 Å². The summed E-state index contributed by atoms with van der Waals surface area (Å²) in [7, 11) is 0. The van der Waals surface area contributed by atoms with Crippen LogP contribution < -0.4 is 5.32 Å². The van der Waals surface area contributed by atoms with Gasteiger partial charge in [-0.3, -0.25) is 4.79 Å². The van der Waals surface area contributed by atoms with Crippen molar-refractivity contribution < 1.29 is 9.53 Å². The lowest BCUT2D eigenvalue weighted by Gasteiger charge is -2.39. The first kappa shape index (κ1) is 14.5. The van der Waals surface area contributed by atoms with Gasteiger partial charge in [0.1, 0.15) is 6.61 Å². The zero-order valence-corrected chi connectivity index (χ0v) is 12.6. The molecule has 19 heavy (non-hydrogen) atoms. The Morgan fingerprint density at radius 1 is 1.58 bits per heavy atom. The molecule has 2 rings (SSSR count). The maximum absolute atomic E-state index is 12.3. The van der Waals surface area contributed by atoms with Gasteiger partial charge in [0.2, 0.25) is 5.91 Å². The van der Waals surface area contributed by atoms with Gasteiger partial charge in [-0.05, 0) is 32.2 Å². The fourth-order valence-electron chi connectivity index (χ4n) is 2.03. The Kier molecular flexibility index (Phi) is 4.60. The number of thiophene rings is 1. The van der Waals surface area contributed by atoms with Crippen LogP contribution in [-0.4, -0.2) is 42.1 Å². The molecule has 5 heteroatoms. The molecule has 1 aliphatic rings. The number of amides is 1. The lowest BCUT2D eigenvalue weighted by molar-refractivity contribution is -0.148. The predicted molar refractivity (Wildman–Crippen MR) is 77.2 cm³/mol. The molecule has 0 unspecified atom stereocenters. The molecule has 0 radical (unpaired) electrons. The Morgan fingerprint density at radius 3 is 2.79 bits per heavy atom. The number of nitrogens with one attached hydrogen (secondary N) is 1. The van der Waals surface area contributed by atoms with E-state index < -0.39 is 0 Å². The second-order valence-corrected chi connectivity index (χ2v) is 6.57. The van der Waals surface area contributed by atoms with E-state index in [1.807, 2.05) is 37.1 Å². The molecular weight excluding hydrogens is 260 g/mol. The molecule has 1 aromatic rings. The summed E-state index contributed by atoms with van der Waals surface area (Å²) in [5.74, 6) is 0.0662. The number of carbonyl (C=O) groups excluding carboxylic acids is 1. The highest BCUT2D eigenvalue weighted by atomic mass is 32.1. The van der Waals surface area contributed by atoms with Crippen LogP contribution in [0.2, 0.25) is 0 Å². The zero-order valence-electron chi connectivity index (χ0n) is 11.8. The molecule has 1 amide bonds. The quantitative estimate of drug-likeness (QED) is 0.866. The summed E-state index contributed by atoms with van der Waals surface area (Å²) in [5.41, 5.74) is -0.165. The van der Waals surface area contributed by atoms with Gasteiger partial charge in [0.25, 0.3) is 0 Å². The van der Waals surface area contributed by atoms with Crippen LogP contribution in [0.25, 0.3) is 0 Å². The molecule has 1 saturated heterocycles. The van der Waals surface area contributed by atoms with E-state index in [9.17, 15) is 4.79 Å². The summed E-state index contributed by atoms with van der Waals surface area (Å²) in [4.78, 5) is 15.4. The Hall–Kier alpha value is -0.910. The average molecular weight is 282 g/mol. The average Bonchev–Trinajstić information content (AvgIpc) is 2.83. The molecule has 1 aliphatic heterocycles. The number of carbonyl (C=O) groups is 1. The van der Waals surface area contributed by atoms with Gasteiger partial charge in [-0.25, -0.2) is 0 Å². The smallest absolute Gasteiger partial charge is 0.249 e. The molecular formula is C14H22N2O2S. The van der Waals surface area contributed by atoms with Crippen LogP contribution in [0.3, 0.4) is 0 Å². The topological polar surface area (TPSA) is 41.6 Å². The Labute approximate surface area is 118 Å². The largest absolute Gasteiger partial charge is 0.363 e. The van der Waals surface area contributed by atoms with E-state index >= 15 is 0 Å². The van der Waals surface area contributed by atoms with Crippen molar-refractivity contribution in [2.24, 2.45) is 0 Å². The molecule has 0 atom stereocenters. The summed E-state index contributed by atoms with van der Waals surface area (Å²) in [6.45, 7) is 8.61. The van der Waals surface area contributed by atoms with Gasteiger partial charge >= 0.3 is 0 Å². The second kappa shape index (κ2) is 6.03. The van der Waals surface area contributed by atoms with Gasteiger partial charge in [-0.15, -0.1) is 11.3 Å². The third-order valence-corrected chi connectivity index (χ3v) is 4.25. The summed E-state index contributed by atoms with van der Waals surface area (Å²) in [6, 6.07) is 4.26. The maximum atomic E-state index is 12.3. The zero-order chi connectivity index (χ0) is 13.9. The van der Waals surface area contributed by atoms with Gasteiger partial charge in [-0.2, -0.15) is 0 Å². The van der Waals surface area contributed by atoms with Crippen LogP contribution in [0.5, 0.6) is 0 Å². The monoisotopic (exact) mass is 282 g/mol. The van der Waals surface area contributed by atoms with Crippen molar-refractivity contribution in [3.63, 3.8) is 0 Å². The van der Waals surface area contributed by atoms with Gasteiger partial charge in [0, 0.05) is 24.0 Å². The van der Waals surface area contributed by atoms with Crippen molar-refractivity contribution in [3.05, 3.63) is 22.4 Å². The maximum Gasteiger partial charge on any atom is 0.249 e. The van der Waals surface area contributed by atoms with Gasteiger partial charge in [-0.1, -0.05) is 6.07 Å². The first-order valence-corrected chi connectivity index (χ1v) is 7.55. The molecule has 0 spiro atoms. The van der Waals surface area contributed by atoms with E-state index in [0.717, 1.165) is 13.1 Å². The van der Waals surface area contributed by atoms with Crippen LogP contribution in [0.4, 0.5) is 0 Å². The molecule has 1 fully saturated rings. The van der Waals surface area contributed by atoms with Crippen LogP contribution >= 0.6 is 11.3 Å². The number of ether oxygens (including phenoxy) is 1. The van der Waals surface area contributed by atoms with Crippen molar-refractivity contribution >= 4 is 17.2 Å². The summed E-state index contributed by atoms with van der Waals surface area (Å²) < 4.78 is 5.73. The SMILES string of the molecule is CC(C)N(Cc1cccs1)C(=O)COC1(C)CNC1. The van der Waals surface area contributed by atoms with Crippen LogP contribution in [0, 0.1) is 0 Å². The second-order valence-electron chi connectivity index (χ2n) is 5.54. The highest BCUT2D eigenvalue weighted by Gasteiger charge is 2.33. The van der Waals surface area contributed by atoms with E-state index in [1.54, 1.807) is 11.3 Å². The molecule has 0 saturated carbocycles. The van der Waals surface area contributed by atoms with Crippen molar-refractivity contribution in [1.82, 2.24) is 10.2 Å². The minimum Gasteiger partial charge on any atom is -0.363 e. The van der Waals surface area contributed by atoms with Crippen molar-refractivity contribution in [2.75, 3.05) is 19.7 Å². The Morgan fingerprint density at radius 2 is 2.32 bits per heavy atom. The highest BCUT2D eigenvalue weighted by Crippen LogP contribution is 2.17. The van der Waals surface area contributed by atoms with Gasteiger partial charge in [0.05, 0.1) is 12.1 Å². The Balaban J connectivity index is 1.89. The van der Waals surface area contributed by atoms with E-state index in [0.29, 0.717) is 6.54 Å². The number of nitrogens with zero attached hydrogens (tertiary/aromatic N) is 1. The van der Waals surface area contributed by atoms with Gasteiger partial charge in [0.15, 0.2) is 0 Å². The molecule has 1 N–H and O–H groups in total. The summed E-state index contributed by atoms with van der Waals surface area (Å²) in [5, 5.41) is 5.20. The molecule has 4 nitrogen and oxygen atoms in total. The van der Waals surface area contributed by atoms with E-state index in [4.69, 9.17) is 4.74 Å². The first-order chi connectivity index (χ1) is 9.00. The lowest BCUT2D eigenvalue weighted by Crippen LogP contribution is -2.59. The minimum atomic E-state index is -0.165. The van der Waals surface area contributed by atoms with Crippen LogP contribution in [-0.2, 0) is 16.1 Å². The van der Waals surface area contributed by atoms with Crippen LogP contribution in [0.15, 0.2) is 17.5 Å². The van der Waals surface area contributed by atoms with E-state index in [1.165, 1.54) is 4.88 Å². The highest BCUT2D eigenvalue weighted by molar-refractivity contribution is 7.09. The fourth-order valence-corrected chi connectivity index (χ4v) is 2.73. The number of hydrogen-bond acceptors (Lipinski definition) is 4. The lowest BCUT2D eigenvalue weighted by atomic mass is 10.0. The Bertz CT molecular complexity index is 413. The van der Waals surface area contributed by atoms with E-state index in [-0.39, 0.29) is 24.2 Å². The summed E-state index contributed by atoms with van der Waals surface area (Å²) in [6.07, 6.45) is 0. The molecule has 0 aromatic carbocycles. The van der Waals surface area contributed by atoms with E-state index in [2.05, 4.69) is 11.4 Å². The van der Waals surface area contributed by atoms with Gasteiger partial charge < -0.3 is 15.0 Å². The molecule has 106 valence electrons. The molecule has 2 heterocycles. The molecule has 0 aliphatic carbocycles. The van der Waals surface area contributed by atoms with Crippen molar-refractivity contribution in [2.45, 2.75) is 39.0 Å². The van der Waals surface area contributed by atoms with Crippen molar-refractivity contribution in [3.8, 4) is 0 Å².